The lowest BCUT2D eigenvalue weighted by molar-refractivity contribution is -0.0692. The highest BCUT2D eigenvalue weighted by molar-refractivity contribution is 5.89. The zero-order valence-corrected chi connectivity index (χ0v) is 11.8. The second-order valence-corrected chi connectivity index (χ2v) is 5.70. The van der Waals surface area contributed by atoms with E-state index in [4.69, 9.17) is 9.47 Å². The smallest absolute Gasteiger partial charge is 0.337 e. The highest BCUT2D eigenvalue weighted by Gasteiger charge is 2.32. The van der Waals surface area contributed by atoms with Gasteiger partial charge in [-0.05, 0) is 43.0 Å². The van der Waals surface area contributed by atoms with Crippen LogP contribution in [0.5, 0.6) is 0 Å². The minimum absolute atomic E-state index is 0.280. The maximum Gasteiger partial charge on any atom is 0.337 e. The molecule has 2 fully saturated rings. The molecule has 2 atom stereocenters. The second-order valence-electron chi connectivity index (χ2n) is 5.70. The molecule has 0 spiro atoms. The zero-order valence-electron chi connectivity index (χ0n) is 11.8. The van der Waals surface area contributed by atoms with Crippen molar-refractivity contribution < 1.29 is 14.3 Å². The SMILES string of the molecule is COC(=O)c1ccc(C2CC(C3COC3)CCN2)cc1. The van der Waals surface area contributed by atoms with Crippen molar-refractivity contribution in [3.8, 4) is 0 Å². The third-order valence-corrected chi connectivity index (χ3v) is 4.51. The number of nitrogens with one attached hydrogen (secondary N) is 1. The monoisotopic (exact) mass is 275 g/mol. The number of carbonyl (C=O) groups excluding carboxylic acids is 1. The van der Waals surface area contributed by atoms with Gasteiger partial charge in [-0.2, -0.15) is 0 Å². The normalized spacial score (nSPS) is 26.9. The summed E-state index contributed by atoms with van der Waals surface area (Å²) in [6.07, 6.45) is 2.40. The first kappa shape index (κ1) is 13.6. The molecule has 2 aliphatic rings. The Morgan fingerprint density at radius 3 is 2.60 bits per heavy atom. The molecule has 0 radical (unpaired) electrons. The molecule has 0 bridgehead atoms. The molecule has 1 aromatic rings. The summed E-state index contributed by atoms with van der Waals surface area (Å²) >= 11 is 0. The Morgan fingerprint density at radius 1 is 1.25 bits per heavy atom. The first-order valence-electron chi connectivity index (χ1n) is 7.27. The van der Waals surface area contributed by atoms with Crippen LogP contribution in [-0.2, 0) is 9.47 Å². The van der Waals surface area contributed by atoms with Gasteiger partial charge in [0, 0.05) is 12.0 Å². The third-order valence-electron chi connectivity index (χ3n) is 4.51. The summed E-state index contributed by atoms with van der Waals surface area (Å²) in [5.74, 6) is 1.22. The number of rotatable bonds is 3. The molecule has 4 heteroatoms. The Kier molecular flexibility index (Phi) is 4.03. The Bertz CT molecular complexity index is 467. The number of methoxy groups -OCH3 is 1. The van der Waals surface area contributed by atoms with E-state index in [1.165, 1.54) is 19.1 Å². The van der Waals surface area contributed by atoms with Gasteiger partial charge in [0.05, 0.1) is 25.9 Å². The molecule has 1 aromatic carbocycles. The van der Waals surface area contributed by atoms with E-state index in [-0.39, 0.29) is 5.97 Å². The van der Waals surface area contributed by atoms with Crippen molar-refractivity contribution in [2.24, 2.45) is 11.8 Å². The molecule has 0 aliphatic carbocycles. The van der Waals surface area contributed by atoms with E-state index in [1.54, 1.807) is 0 Å². The molecule has 2 aliphatic heterocycles. The Balaban J connectivity index is 1.67. The van der Waals surface area contributed by atoms with Gasteiger partial charge >= 0.3 is 5.97 Å². The van der Waals surface area contributed by atoms with Crippen molar-refractivity contribution in [2.75, 3.05) is 26.9 Å². The number of carbonyl (C=O) groups is 1. The average Bonchev–Trinajstić information content (AvgIpc) is 2.45. The largest absolute Gasteiger partial charge is 0.465 e. The van der Waals surface area contributed by atoms with Crippen LogP contribution in [0.4, 0.5) is 0 Å². The number of benzene rings is 1. The number of hydrogen-bond donors (Lipinski definition) is 1. The molecule has 2 saturated heterocycles. The molecular weight excluding hydrogens is 254 g/mol. The van der Waals surface area contributed by atoms with Gasteiger partial charge in [0.1, 0.15) is 0 Å². The predicted octanol–water partition coefficient (Wildman–Crippen LogP) is 2.16. The van der Waals surface area contributed by atoms with Gasteiger partial charge < -0.3 is 14.8 Å². The minimum atomic E-state index is -0.280. The lowest BCUT2D eigenvalue weighted by atomic mass is 9.79. The molecule has 108 valence electrons. The molecule has 4 nitrogen and oxygen atoms in total. The quantitative estimate of drug-likeness (QED) is 0.859. The highest BCUT2D eigenvalue weighted by atomic mass is 16.5. The molecule has 0 saturated carbocycles. The zero-order chi connectivity index (χ0) is 13.9. The predicted molar refractivity (Wildman–Crippen MR) is 75.6 cm³/mol. The Hall–Kier alpha value is -1.39. The van der Waals surface area contributed by atoms with Gasteiger partial charge in [0.25, 0.3) is 0 Å². The topological polar surface area (TPSA) is 47.6 Å². The van der Waals surface area contributed by atoms with Gasteiger partial charge in [0.15, 0.2) is 0 Å². The van der Waals surface area contributed by atoms with Crippen LogP contribution >= 0.6 is 0 Å². The molecule has 0 aromatic heterocycles. The van der Waals surface area contributed by atoms with Crippen molar-refractivity contribution in [2.45, 2.75) is 18.9 Å². The molecular formula is C16H21NO3. The van der Waals surface area contributed by atoms with Crippen molar-refractivity contribution in [1.29, 1.82) is 0 Å². The number of esters is 1. The van der Waals surface area contributed by atoms with Crippen molar-refractivity contribution >= 4 is 5.97 Å². The van der Waals surface area contributed by atoms with Crippen LogP contribution in [0.15, 0.2) is 24.3 Å². The Morgan fingerprint density at radius 2 is 2.00 bits per heavy atom. The van der Waals surface area contributed by atoms with Crippen LogP contribution < -0.4 is 5.32 Å². The van der Waals surface area contributed by atoms with Crippen LogP contribution in [0.2, 0.25) is 0 Å². The third kappa shape index (κ3) is 2.72. The van der Waals surface area contributed by atoms with Crippen LogP contribution in [0.3, 0.4) is 0 Å². The molecule has 2 heterocycles. The van der Waals surface area contributed by atoms with Gasteiger partial charge in [-0.1, -0.05) is 12.1 Å². The fraction of sp³-hybridized carbons (Fsp3) is 0.562. The number of piperidine rings is 1. The molecule has 1 N–H and O–H groups in total. The van der Waals surface area contributed by atoms with E-state index in [0.29, 0.717) is 11.6 Å². The first-order chi connectivity index (χ1) is 9.78. The summed E-state index contributed by atoms with van der Waals surface area (Å²) in [7, 11) is 1.41. The minimum Gasteiger partial charge on any atom is -0.465 e. The second kappa shape index (κ2) is 5.94. The van der Waals surface area contributed by atoms with E-state index >= 15 is 0 Å². The van der Waals surface area contributed by atoms with Crippen molar-refractivity contribution in [1.82, 2.24) is 5.32 Å². The average molecular weight is 275 g/mol. The maximum atomic E-state index is 11.4. The standard InChI is InChI=1S/C16H21NO3/c1-19-16(18)12-4-2-11(3-5-12)15-8-13(6-7-17-15)14-9-20-10-14/h2-5,13-15,17H,6-10H2,1H3. The van der Waals surface area contributed by atoms with Gasteiger partial charge in [-0.3, -0.25) is 0 Å². The van der Waals surface area contributed by atoms with Gasteiger partial charge in [0.2, 0.25) is 0 Å². The summed E-state index contributed by atoms with van der Waals surface area (Å²) < 4.78 is 10.0. The molecule has 0 amide bonds. The summed E-state index contributed by atoms with van der Waals surface area (Å²) in [4.78, 5) is 11.4. The van der Waals surface area contributed by atoms with E-state index in [0.717, 1.165) is 38.0 Å². The maximum absolute atomic E-state index is 11.4. The summed E-state index contributed by atoms with van der Waals surface area (Å²) in [5.41, 5.74) is 1.86. The van der Waals surface area contributed by atoms with Crippen LogP contribution in [-0.4, -0.2) is 32.8 Å². The molecule has 20 heavy (non-hydrogen) atoms. The van der Waals surface area contributed by atoms with Crippen molar-refractivity contribution in [3.63, 3.8) is 0 Å². The summed E-state index contributed by atoms with van der Waals surface area (Å²) in [6, 6.07) is 8.14. The van der Waals surface area contributed by atoms with Crippen molar-refractivity contribution in [3.05, 3.63) is 35.4 Å². The highest BCUT2D eigenvalue weighted by Crippen LogP contribution is 2.35. The van der Waals surface area contributed by atoms with E-state index < -0.39 is 0 Å². The Labute approximate surface area is 119 Å². The summed E-state index contributed by atoms with van der Waals surface area (Å²) in [6.45, 7) is 2.92. The lowest BCUT2D eigenvalue weighted by Crippen LogP contribution is -2.41. The van der Waals surface area contributed by atoms with E-state index in [9.17, 15) is 4.79 Å². The van der Waals surface area contributed by atoms with E-state index in [2.05, 4.69) is 5.32 Å². The fourth-order valence-electron chi connectivity index (χ4n) is 3.12. The molecule has 2 unspecified atom stereocenters. The van der Waals surface area contributed by atoms with Gasteiger partial charge in [-0.15, -0.1) is 0 Å². The van der Waals surface area contributed by atoms with Crippen LogP contribution in [0, 0.1) is 11.8 Å². The first-order valence-corrected chi connectivity index (χ1v) is 7.27. The fourth-order valence-corrected chi connectivity index (χ4v) is 3.12. The summed E-state index contributed by atoms with van der Waals surface area (Å²) in [5, 5.41) is 3.57. The van der Waals surface area contributed by atoms with Crippen LogP contribution in [0.1, 0.15) is 34.8 Å². The lowest BCUT2D eigenvalue weighted by Gasteiger charge is -2.39. The van der Waals surface area contributed by atoms with Crippen LogP contribution in [0.25, 0.3) is 0 Å². The number of hydrogen-bond acceptors (Lipinski definition) is 4. The molecule has 3 rings (SSSR count). The number of ether oxygens (including phenoxy) is 2. The van der Waals surface area contributed by atoms with Gasteiger partial charge in [-0.25, -0.2) is 4.79 Å². The van der Waals surface area contributed by atoms with E-state index in [1.807, 2.05) is 24.3 Å².